The van der Waals surface area contributed by atoms with Crippen molar-refractivity contribution in [3.8, 4) is 5.75 Å². The Balaban J connectivity index is 1.12. The van der Waals surface area contributed by atoms with Gasteiger partial charge in [-0.05, 0) is 79.0 Å². The molecule has 7 atom stereocenters. The predicted molar refractivity (Wildman–Crippen MR) is 164 cm³/mol. The molecule has 2 saturated carbocycles. The fourth-order valence-corrected chi connectivity index (χ4v) is 10.9. The van der Waals surface area contributed by atoms with Crippen molar-refractivity contribution in [2.45, 2.75) is 43.1 Å². The molecule has 6 nitrogen and oxygen atoms in total. The van der Waals surface area contributed by atoms with E-state index >= 15 is 0 Å². The van der Waals surface area contributed by atoms with Gasteiger partial charge in [0.1, 0.15) is 12.4 Å². The van der Waals surface area contributed by atoms with Crippen molar-refractivity contribution >= 4 is 40.6 Å². The number of fused-ring (bicyclic) bond motifs is 9. The number of H-pyrrole nitrogens is 1. The molecule has 212 valence electrons. The fraction of sp³-hybridized carbons (Fsp3) is 0.324. The summed E-state index contributed by atoms with van der Waals surface area (Å²) in [6.07, 6.45) is 0.879. The van der Waals surface area contributed by atoms with Gasteiger partial charge in [0.25, 0.3) is 0 Å². The third kappa shape index (κ3) is 3.88. The summed E-state index contributed by atoms with van der Waals surface area (Å²) in [5.41, 5.74) is 5.24. The predicted octanol–water partition coefficient (Wildman–Crippen LogP) is 6.31. The Kier molecular flexibility index (Phi) is 6.02. The third-order valence-corrected chi connectivity index (χ3v) is 12.5. The van der Waals surface area contributed by atoms with Gasteiger partial charge >= 0.3 is 4.87 Å². The standard InChI is InChI=1S/C34H30N2O4S2/c1-17-7-11-21(12-8-17)36-32(37)27-23-15-24(28(27)33(36)38)29-26(23)25(30-31(41-29)35-34(39)42-30)19-9-13-22(14-10-19)40-16-20-6-4-3-5-18(20)2/h3-14,23-29H,15-16H2,1-2H3,(H,35,39)/t23?,24?,25-,26?,27?,28?,29?/m1/s1. The molecule has 2 aliphatic carbocycles. The highest BCUT2D eigenvalue weighted by Crippen LogP contribution is 2.68. The number of nitrogens with zero attached hydrogens (tertiary/aromatic N) is 1. The number of thioether (sulfide) groups is 1. The zero-order valence-electron chi connectivity index (χ0n) is 23.3. The van der Waals surface area contributed by atoms with Crippen molar-refractivity contribution in [1.82, 2.24) is 4.98 Å². The summed E-state index contributed by atoms with van der Waals surface area (Å²) in [5, 5.41) is 1.10. The van der Waals surface area contributed by atoms with Crippen LogP contribution in [0.2, 0.25) is 0 Å². The highest BCUT2D eigenvalue weighted by atomic mass is 32.2. The van der Waals surface area contributed by atoms with E-state index in [9.17, 15) is 14.4 Å². The van der Waals surface area contributed by atoms with Gasteiger partial charge < -0.3 is 9.72 Å². The van der Waals surface area contributed by atoms with Gasteiger partial charge in [0.2, 0.25) is 11.8 Å². The number of carbonyl (C=O) groups excluding carboxylic acids is 2. The molecule has 2 amide bonds. The molecule has 2 aliphatic heterocycles. The molecule has 1 aromatic heterocycles. The number of imide groups is 1. The minimum atomic E-state index is -0.304. The van der Waals surface area contributed by atoms with Crippen LogP contribution in [-0.4, -0.2) is 22.0 Å². The molecule has 3 aromatic carbocycles. The molecule has 3 heterocycles. The second-order valence-electron chi connectivity index (χ2n) is 12.1. The Morgan fingerprint density at radius 2 is 1.60 bits per heavy atom. The number of amides is 2. The van der Waals surface area contributed by atoms with Crippen LogP contribution in [0.5, 0.6) is 5.75 Å². The number of aryl methyl sites for hydroxylation is 2. The first-order valence-electron chi connectivity index (χ1n) is 14.5. The van der Waals surface area contributed by atoms with Crippen molar-refractivity contribution in [3.63, 3.8) is 0 Å². The van der Waals surface area contributed by atoms with Crippen LogP contribution in [0, 0.1) is 43.4 Å². The highest BCUT2D eigenvalue weighted by molar-refractivity contribution is 8.00. The van der Waals surface area contributed by atoms with E-state index in [1.54, 1.807) is 11.8 Å². The van der Waals surface area contributed by atoms with E-state index in [0.717, 1.165) is 38.8 Å². The Bertz CT molecular complexity index is 1780. The highest BCUT2D eigenvalue weighted by Gasteiger charge is 2.69. The van der Waals surface area contributed by atoms with Crippen molar-refractivity contribution in [1.29, 1.82) is 0 Å². The van der Waals surface area contributed by atoms with Gasteiger partial charge in [-0.1, -0.05) is 65.4 Å². The van der Waals surface area contributed by atoms with Crippen LogP contribution in [0.25, 0.3) is 0 Å². The molecule has 8 rings (SSSR count). The second kappa shape index (κ2) is 9.71. The SMILES string of the molecule is Cc1ccc(N2C(=O)C3C4CC(C3C2=O)C2C4Sc3[nH]c(=O)sc3[C@@H]2c2ccc(OCc3ccccc3C)cc2)cc1. The summed E-state index contributed by atoms with van der Waals surface area (Å²) in [6, 6.07) is 24.1. The number of ether oxygens (including phenoxy) is 1. The second-order valence-corrected chi connectivity index (χ2v) is 14.3. The van der Waals surface area contributed by atoms with E-state index in [4.69, 9.17) is 4.74 Å². The zero-order chi connectivity index (χ0) is 28.7. The van der Waals surface area contributed by atoms with Crippen LogP contribution >= 0.6 is 23.1 Å². The molecule has 2 bridgehead atoms. The molecule has 8 heteroatoms. The van der Waals surface area contributed by atoms with Crippen LogP contribution in [0.4, 0.5) is 5.69 Å². The molecule has 4 aliphatic rings. The van der Waals surface area contributed by atoms with Crippen LogP contribution in [0.1, 0.15) is 39.5 Å². The first kappa shape index (κ1) is 26.0. The van der Waals surface area contributed by atoms with Crippen LogP contribution in [0.3, 0.4) is 0 Å². The number of aromatic amines is 1. The van der Waals surface area contributed by atoms with Gasteiger partial charge in [-0.15, -0.1) is 11.8 Å². The first-order chi connectivity index (χ1) is 20.4. The lowest BCUT2D eigenvalue weighted by atomic mass is 9.68. The minimum Gasteiger partial charge on any atom is -0.489 e. The number of aromatic nitrogens is 1. The molecule has 6 unspecified atom stereocenters. The first-order valence-corrected chi connectivity index (χ1v) is 16.2. The number of nitrogens with one attached hydrogen (secondary N) is 1. The quantitative estimate of drug-likeness (QED) is 0.274. The molecule has 0 radical (unpaired) electrons. The van der Waals surface area contributed by atoms with E-state index in [1.165, 1.54) is 21.8 Å². The van der Waals surface area contributed by atoms with Crippen LogP contribution in [0.15, 0.2) is 82.6 Å². The molecular formula is C34H30N2O4S2. The van der Waals surface area contributed by atoms with E-state index in [0.29, 0.717) is 12.3 Å². The summed E-state index contributed by atoms with van der Waals surface area (Å²) in [6.45, 7) is 4.59. The number of hydrogen-bond acceptors (Lipinski definition) is 6. The van der Waals surface area contributed by atoms with Gasteiger partial charge in [-0.25, -0.2) is 0 Å². The monoisotopic (exact) mass is 594 g/mol. The number of anilines is 1. The molecular weight excluding hydrogens is 565 g/mol. The molecule has 1 saturated heterocycles. The minimum absolute atomic E-state index is 0.00658. The Morgan fingerprint density at radius 1 is 0.881 bits per heavy atom. The molecule has 42 heavy (non-hydrogen) atoms. The van der Waals surface area contributed by atoms with Gasteiger partial charge in [0, 0.05) is 16.0 Å². The average Bonchev–Trinajstić information content (AvgIpc) is 3.72. The Hall–Kier alpha value is -3.62. The van der Waals surface area contributed by atoms with E-state index in [-0.39, 0.29) is 57.4 Å². The lowest BCUT2D eigenvalue weighted by molar-refractivity contribution is -0.123. The fourth-order valence-electron chi connectivity index (χ4n) is 8.04. The molecule has 4 aromatic rings. The van der Waals surface area contributed by atoms with Crippen molar-refractivity contribution in [2.75, 3.05) is 4.90 Å². The molecule has 0 spiro atoms. The van der Waals surface area contributed by atoms with Gasteiger partial charge in [0.15, 0.2) is 0 Å². The summed E-state index contributed by atoms with van der Waals surface area (Å²) < 4.78 is 6.12. The van der Waals surface area contributed by atoms with E-state index in [2.05, 4.69) is 36.2 Å². The smallest absolute Gasteiger partial charge is 0.305 e. The molecule has 3 fully saturated rings. The van der Waals surface area contributed by atoms with E-state index in [1.807, 2.05) is 55.5 Å². The average molecular weight is 595 g/mol. The maximum Gasteiger partial charge on any atom is 0.305 e. The number of rotatable bonds is 5. The summed E-state index contributed by atoms with van der Waals surface area (Å²) in [5.74, 6) is 0.457. The third-order valence-electron chi connectivity index (χ3n) is 9.91. The van der Waals surface area contributed by atoms with Crippen molar-refractivity contribution in [2.24, 2.45) is 29.6 Å². The maximum absolute atomic E-state index is 13.9. The Morgan fingerprint density at radius 3 is 2.33 bits per heavy atom. The number of thiazole rings is 1. The number of hydrogen-bond donors (Lipinski definition) is 1. The van der Waals surface area contributed by atoms with Crippen LogP contribution < -0.4 is 14.5 Å². The number of benzene rings is 3. The topological polar surface area (TPSA) is 79.5 Å². The molecule has 1 N–H and O–H groups in total. The lowest BCUT2D eigenvalue weighted by Gasteiger charge is -2.43. The summed E-state index contributed by atoms with van der Waals surface area (Å²) >= 11 is 3.00. The summed E-state index contributed by atoms with van der Waals surface area (Å²) in [7, 11) is 0. The van der Waals surface area contributed by atoms with Crippen molar-refractivity contribution in [3.05, 3.63) is 110 Å². The number of carbonyl (C=O) groups is 2. The normalized spacial score (nSPS) is 29.0. The summed E-state index contributed by atoms with van der Waals surface area (Å²) in [4.78, 5) is 45.8. The van der Waals surface area contributed by atoms with Gasteiger partial charge in [-0.2, -0.15) is 0 Å². The lowest BCUT2D eigenvalue weighted by Crippen LogP contribution is -2.42. The van der Waals surface area contributed by atoms with Crippen LogP contribution in [-0.2, 0) is 16.2 Å². The van der Waals surface area contributed by atoms with Gasteiger partial charge in [0.05, 0.1) is 22.5 Å². The van der Waals surface area contributed by atoms with E-state index < -0.39 is 0 Å². The maximum atomic E-state index is 13.9. The van der Waals surface area contributed by atoms with Crippen molar-refractivity contribution < 1.29 is 14.3 Å². The zero-order valence-corrected chi connectivity index (χ0v) is 24.9. The largest absolute Gasteiger partial charge is 0.489 e. The van der Waals surface area contributed by atoms with Gasteiger partial charge in [-0.3, -0.25) is 19.3 Å². The Labute approximate surface area is 252 Å².